The second kappa shape index (κ2) is 7.21. The molecule has 0 aliphatic carbocycles. The third kappa shape index (κ3) is 4.18. The van der Waals surface area contributed by atoms with E-state index in [1.807, 2.05) is 18.4 Å². The van der Waals surface area contributed by atoms with Crippen molar-refractivity contribution < 1.29 is 9.18 Å². The molecule has 2 rings (SSSR count). The molecule has 1 heterocycles. The minimum Gasteiger partial charge on any atom is -0.272 e. The molecule has 104 valence electrons. The summed E-state index contributed by atoms with van der Waals surface area (Å²) < 4.78 is 13.3. The van der Waals surface area contributed by atoms with E-state index in [4.69, 9.17) is 0 Å². The highest BCUT2D eigenvalue weighted by atomic mass is 32.2. The molecule has 0 aliphatic rings. The predicted octanol–water partition coefficient (Wildman–Crippen LogP) is 3.44. The van der Waals surface area contributed by atoms with E-state index in [1.54, 1.807) is 35.8 Å². The molecule has 0 bridgehead atoms. The molecule has 1 amide bonds. The zero-order valence-electron chi connectivity index (χ0n) is 10.8. The Balaban J connectivity index is 1.80. The van der Waals surface area contributed by atoms with Gasteiger partial charge in [-0.2, -0.15) is 5.10 Å². The van der Waals surface area contributed by atoms with E-state index in [0.29, 0.717) is 4.90 Å². The largest absolute Gasteiger partial charge is 0.272 e. The highest BCUT2D eigenvalue weighted by Crippen LogP contribution is 2.20. The Kier molecular flexibility index (Phi) is 5.31. The summed E-state index contributed by atoms with van der Waals surface area (Å²) in [7, 11) is 0. The fourth-order valence-electron chi connectivity index (χ4n) is 1.42. The number of carbonyl (C=O) groups excluding carboxylic acids is 1. The van der Waals surface area contributed by atoms with Crippen LogP contribution in [-0.4, -0.2) is 17.9 Å². The molecule has 0 saturated carbocycles. The van der Waals surface area contributed by atoms with Crippen molar-refractivity contribution in [3.8, 4) is 0 Å². The number of hydrogen-bond donors (Lipinski definition) is 1. The molecule has 0 saturated heterocycles. The van der Waals surface area contributed by atoms with Gasteiger partial charge in [-0.1, -0.05) is 12.1 Å². The number of thioether (sulfide) groups is 1. The molecule has 1 aromatic heterocycles. The van der Waals surface area contributed by atoms with Crippen LogP contribution in [0.4, 0.5) is 4.39 Å². The van der Waals surface area contributed by atoms with Crippen LogP contribution in [0, 0.1) is 12.7 Å². The molecule has 3 nitrogen and oxygen atoms in total. The van der Waals surface area contributed by atoms with E-state index in [1.165, 1.54) is 6.07 Å². The Morgan fingerprint density at radius 3 is 2.95 bits per heavy atom. The zero-order chi connectivity index (χ0) is 14.4. The average molecular weight is 308 g/mol. The van der Waals surface area contributed by atoms with Gasteiger partial charge in [-0.25, -0.2) is 9.82 Å². The lowest BCUT2D eigenvalue weighted by atomic mass is 10.3. The average Bonchev–Trinajstić information content (AvgIpc) is 2.84. The quantitative estimate of drug-likeness (QED) is 0.522. The molecule has 0 fully saturated rings. The van der Waals surface area contributed by atoms with Crippen molar-refractivity contribution in [2.45, 2.75) is 11.8 Å². The second-order valence-corrected chi connectivity index (χ2v) is 5.95. The number of benzene rings is 1. The standard InChI is InChI=1S/C14H13FN2OS2/c1-10-6-7-19-13(10)8-16-17-14(18)9-20-12-5-3-2-4-11(12)15/h2-8H,9H2,1H3,(H,17,18)/b16-8-. The van der Waals surface area contributed by atoms with Crippen molar-refractivity contribution in [3.05, 3.63) is 52.0 Å². The lowest BCUT2D eigenvalue weighted by Crippen LogP contribution is -2.19. The summed E-state index contributed by atoms with van der Waals surface area (Å²) in [6.07, 6.45) is 1.62. The minimum atomic E-state index is -0.317. The Morgan fingerprint density at radius 2 is 2.25 bits per heavy atom. The molecule has 0 unspecified atom stereocenters. The summed E-state index contributed by atoms with van der Waals surface area (Å²) in [5, 5.41) is 5.85. The summed E-state index contributed by atoms with van der Waals surface area (Å²) >= 11 is 2.71. The van der Waals surface area contributed by atoms with Gasteiger partial charge in [-0.05, 0) is 36.1 Å². The van der Waals surface area contributed by atoms with Gasteiger partial charge >= 0.3 is 0 Å². The van der Waals surface area contributed by atoms with Crippen LogP contribution in [0.15, 0.2) is 45.7 Å². The molecule has 0 radical (unpaired) electrons. The Bertz CT molecular complexity index is 625. The summed E-state index contributed by atoms with van der Waals surface area (Å²) in [5.74, 6) is -0.450. The summed E-state index contributed by atoms with van der Waals surface area (Å²) in [6.45, 7) is 1.98. The van der Waals surface area contributed by atoms with Crippen LogP contribution in [0.3, 0.4) is 0 Å². The van der Waals surface area contributed by atoms with E-state index in [0.717, 1.165) is 22.2 Å². The molecule has 0 spiro atoms. The van der Waals surface area contributed by atoms with Crippen molar-refractivity contribution in [1.82, 2.24) is 5.43 Å². The first-order valence-corrected chi connectivity index (χ1v) is 7.76. The van der Waals surface area contributed by atoms with Crippen LogP contribution in [0.2, 0.25) is 0 Å². The number of carbonyl (C=O) groups is 1. The van der Waals surface area contributed by atoms with E-state index in [2.05, 4.69) is 10.5 Å². The van der Waals surface area contributed by atoms with Crippen LogP contribution >= 0.6 is 23.1 Å². The third-order valence-electron chi connectivity index (χ3n) is 2.47. The first-order chi connectivity index (χ1) is 9.66. The maximum atomic E-state index is 13.3. The zero-order valence-corrected chi connectivity index (χ0v) is 12.4. The molecular formula is C14H13FN2OS2. The van der Waals surface area contributed by atoms with Crippen LogP contribution in [0.25, 0.3) is 0 Å². The monoisotopic (exact) mass is 308 g/mol. The van der Waals surface area contributed by atoms with Crippen LogP contribution in [0.5, 0.6) is 0 Å². The highest BCUT2D eigenvalue weighted by molar-refractivity contribution is 8.00. The van der Waals surface area contributed by atoms with E-state index < -0.39 is 0 Å². The van der Waals surface area contributed by atoms with Crippen molar-refractivity contribution in [2.24, 2.45) is 5.10 Å². The smallest absolute Gasteiger partial charge is 0.250 e. The number of amides is 1. The lowest BCUT2D eigenvalue weighted by molar-refractivity contribution is -0.118. The molecule has 1 aromatic carbocycles. The molecule has 20 heavy (non-hydrogen) atoms. The SMILES string of the molecule is Cc1ccsc1/C=N\NC(=O)CSc1ccccc1F. The first-order valence-electron chi connectivity index (χ1n) is 5.90. The predicted molar refractivity (Wildman–Crippen MR) is 81.9 cm³/mol. The van der Waals surface area contributed by atoms with Crippen LogP contribution < -0.4 is 5.43 Å². The highest BCUT2D eigenvalue weighted by Gasteiger charge is 2.05. The normalized spacial score (nSPS) is 10.9. The molecule has 0 aliphatic heterocycles. The van der Waals surface area contributed by atoms with E-state index in [9.17, 15) is 9.18 Å². The van der Waals surface area contributed by atoms with Gasteiger partial charge in [0, 0.05) is 9.77 Å². The maximum absolute atomic E-state index is 13.3. The Labute approximate surface area is 124 Å². The summed E-state index contributed by atoms with van der Waals surface area (Å²) in [5.41, 5.74) is 3.55. The molecule has 6 heteroatoms. The number of halogens is 1. The lowest BCUT2D eigenvalue weighted by Gasteiger charge is -2.01. The van der Waals surface area contributed by atoms with Crippen molar-refractivity contribution in [1.29, 1.82) is 0 Å². The minimum absolute atomic E-state index is 0.127. The second-order valence-electron chi connectivity index (χ2n) is 3.98. The van der Waals surface area contributed by atoms with Gasteiger partial charge in [0.2, 0.25) is 5.91 Å². The van der Waals surface area contributed by atoms with Gasteiger partial charge in [0.15, 0.2) is 0 Å². The van der Waals surface area contributed by atoms with Crippen molar-refractivity contribution in [2.75, 3.05) is 5.75 Å². The van der Waals surface area contributed by atoms with Gasteiger partial charge < -0.3 is 0 Å². The third-order valence-corrected chi connectivity index (χ3v) is 4.47. The maximum Gasteiger partial charge on any atom is 0.250 e. The molecule has 2 aromatic rings. The fourth-order valence-corrected chi connectivity index (χ4v) is 2.94. The number of aryl methyl sites for hydroxylation is 1. The van der Waals surface area contributed by atoms with E-state index >= 15 is 0 Å². The number of thiophene rings is 1. The van der Waals surface area contributed by atoms with Crippen molar-refractivity contribution in [3.63, 3.8) is 0 Å². The Hall–Kier alpha value is -1.66. The molecular weight excluding hydrogens is 295 g/mol. The van der Waals surface area contributed by atoms with Crippen LogP contribution in [0.1, 0.15) is 10.4 Å². The number of rotatable bonds is 5. The Morgan fingerprint density at radius 1 is 1.45 bits per heavy atom. The number of nitrogens with one attached hydrogen (secondary N) is 1. The topological polar surface area (TPSA) is 41.5 Å². The molecule has 0 atom stereocenters. The summed E-state index contributed by atoms with van der Waals surface area (Å²) in [4.78, 5) is 13.0. The number of nitrogens with zero attached hydrogens (tertiary/aromatic N) is 1. The van der Waals surface area contributed by atoms with Gasteiger partial charge in [-0.15, -0.1) is 23.1 Å². The number of hydrazone groups is 1. The fraction of sp³-hybridized carbons (Fsp3) is 0.143. The first kappa shape index (κ1) is 14.7. The summed E-state index contributed by atoms with van der Waals surface area (Å²) in [6, 6.07) is 8.36. The van der Waals surface area contributed by atoms with Gasteiger partial charge in [0.05, 0.1) is 12.0 Å². The van der Waals surface area contributed by atoms with E-state index in [-0.39, 0.29) is 17.5 Å². The molecule has 1 N–H and O–H groups in total. The van der Waals surface area contributed by atoms with Gasteiger partial charge in [-0.3, -0.25) is 4.79 Å². The van der Waals surface area contributed by atoms with Crippen molar-refractivity contribution >= 4 is 35.2 Å². The van der Waals surface area contributed by atoms with Crippen LogP contribution in [-0.2, 0) is 4.79 Å². The number of hydrogen-bond acceptors (Lipinski definition) is 4. The van der Waals surface area contributed by atoms with Gasteiger partial charge in [0.1, 0.15) is 5.82 Å². The van der Waals surface area contributed by atoms with Gasteiger partial charge in [0.25, 0.3) is 0 Å².